The maximum atomic E-state index is 13.3. The molecule has 0 aliphatic heterocycles. The normalized spacial score (nSPS) is 10.8. The molecule has 0 radical (unpaired) electrons. The van der Waals surface area contributed by atoms with Crippen molar-refractivity contribution in [2.75, 3.05) is 17.9 Å². The number of anilines is 1. The molecule has 1 amide bonds. The van der Waals surface area contributed by atoms with E-state index in [1.54, 1.807) is 12.1 Å². The molecule has 0 aliphatic carbocycles. The zero-order valence-electron chi connectivity index (χ0n) is 13.2. The molecule has 2 aromatic carbocycles. The molecule has 5 nitrogen and oxygen atoms in total. The number of amides is 1. The van der Waals surface area contributed by atoms with Gasteiger partial charge in [-0.15, -0.1) is 6.42 Å². The van der Waals surface area contributed by atoms with Crippen LogP contribution in [0.1, 0.15) is 5.56 Å². The second-order valence-electron chi connectivity index (χ2n) is 4.96. The molecule has 1 N–H and O–H groups in total. The lowest BCUT2D eigenvalue weighted by molar-refractivity contribution is -0.119. The molecule has 2 rings (SSSR count). The Morgan fingerprint density at radius 3 is 2.64 bits per heavy atom. The molecule has 0 spiro atoms. The summed E-state index contributed by atoms with van der Waals surface area (Å²) < 4.78 is 40.2. The van der Waals surface area contributed by atoms with Gasteiger partial charge in [0.25, 0.3) is 10.0 Å². The van der Waals surface area contributed by atoms with Gasteiger partial charge in [0.05, 0.1) is 15.6 Å². The van der Waals surface area contributed by atoms with Crippen LogP contribution in [0.5, 0.6) is 0 Å². The monoisotopic (exact) mass is 380 g/mol. The highest BCUT2D eigenvalue weighted by atomic mass is 35.5. The Hall–Kier alpha value is -2.56. The summed E-state index contributed by atoms with van der Waals surface area (Å²) in [6, 6.07) is 9.20. The Morgan fingerprint density at radius 1 is 1.32 bits per heavy atom. The molecule has 25 heavy (non-hydrogen) atoms. The Bertz CT molecular complexity index is 955. The summed E-state index contributed by atoms with van der Waals surface area (Å²) in [5.41, 5.74) is 0.659. The van der Waals surface area contributed by atoms with Gasteiger partial charge >= 0.3 is 0 Å². The largest absolute Gasteiger partial charge is 0.358 e. The Morgan fingerprint density at radius 2 is 2.04 bits per heavy atom. The highest BCUT2D eigenvalue weighted by Crippen LogP contribution is 2.27. The van der Waals surface area contributed by atoms with E-state index in [4.69, 9.17) is 18.0 Å². The molecule has 0 saturated carbocycles. The molecule has 2 aromatic rings. The lowest BCUT2D eigenvalue weighted by Gasteiger charge is -2.24. The third-order valence-electron chi connectivity index (χ3n) is 3.35. The summed E-state index contributed by atoms with van der Waals surface area (Å²) in [4.78, 5) is 11.6. The second-order valence-corrected chi connectivity index (χ2v) is 7.22. The molecule has 8 heteroatoms. The topological polar surface area (TPSA) is 66.5 Å². The highest BCUT2D eigenvalue weighted by molar-refractivity contribution is 7.92. The standard InChI is InChI=1S/C17H14ClFN2O3S/c1-3-12-5-4-6-13(9-12)21(11-17(22)20-2)25(23,24)14-7-8-16(19)15(18)10-14/h1,4-10H,11H2,2H3,(H,20,22). The number of carbonyl (C=O) groups is 1. The first-order valence-electron chi connectivity index (χ1n) is 7.04. The minimum Gasteiger partial charge on any atom is -0.358 e. The minimum atomic E-state index is -4.17. The van der Waals surface area contributed by atoms with Gasteiger partial charge in [0.15, 0.2) is 0 Å². The van der Waals surface area contributed by atoms with Crippen molar-refractivity contribution in [3.05, 3.63) is 58.9 Å². The lowest BCUT2D eigenvalue weighted by atomic mass is 10.2. The fourth-order valence-electron chi connectivity index (χ4n) is 2.04. The third-order valence-corrected chi connectivity index (χ3v) is 5.41. The molecule has 130 valence electrons. The summed E-state index contributed by atoms with van der Waals surface area (Å²) in [5.74, 6) is 1.14. The predicted octanol–water partition coefficient (Wildman–Crippen LogP) is 2.40. The van der Waals surface area contributed by atoms with Crippen molar-refractivity contribution < 1.29 is 17.6 Å². The second kappa shape index (κ2) is 7.55. The fraction of sp³-hybridized carbons (Fsp3) is 0.118. The van der Waals surface area contributed by atoms with Gasteiger partial charge in [-0.1, -0.05) is 23.6 Å². The zero-order chi connectivity index (χ0) is 18.6. The van der Waals surface area contributed by atoms with E-state index in [1.165, 1.54) is 19.2 Å². The number of sulfonamides is 1. The SMILES string of the molecule is C#Cc1cccc(N(CC(=O)NC)S(=O)(=O)c2ccc(F)c(Cl)c2)c1. The van der Waals surface area contributed by atoms with Crippen LogP contribution in [0.3, 0.4) is 0 Å². The maximum Gasteiger partial charge on any atom is 0.264 e. The lowest BCUT2D eigenvalue weighted by Crippen LogP contribution is -2.39. The van der Waals surface area contributed by atoms with Crippen molar-refractivity contribution in [2.24, 2.45) is 0 Å². The van der Waals surface area contributed by atoms with Crippen LogP contribution < -0.4 is 9.62 Å². The summed E-state index contributed by atoms with van der Waals surface area (Å²) in [7, 11) is -2.78. The van der Waals surface area contributed by atoms with Crippen LogP contribution in [-0.4, -0.2) is 27.9 Å². The summed E-state index contributed by atoms with van der Waals surface area (Å²) in [6.45, 7) is -0.470. The van der Waals surface area contributed by atoms with Crippen molar-refractivity contribution in [1.29, 1.82) is 0 Å². The van der Waals surface area contributed by atoms with Gasteiger partial charge in [-0.2, -0.15) is 0 Å². The molecule has 0 saturated heterocycles. The smallest absolute Gasteiger partial charge is 0.264 e. The van der Waals surface area contributed by atoms with E-state index < -0.39 is 28.3 Å². The van der Waals surface area contributed by atoms with Gasteiger partial charge in [-0.25, -0.2) is 12.8 Å². The molecule has 0 fully saturated rings. The first-order valence-corrected chi connectivity index (χ1v) is 8.86. The van der Waals surface area contributed by atoms with E-state index in [0.717, 1.165) is 22.5 Å². The summed E-state index contributed by atoms with van der Waals surface area (Å²) >= 11 is 5.69. The number of nitrogens with one attached hydrogen (secondary N) is 1. The molecule has 0 heterocycles. The Labute approximate surface area is 150 Å². The number of hydrogen-bond acceptors (Lipinski definition) is 3. The molecule has 0 unspecified atom stereocenters. The van der Waals surface area contributed by atoms with E-state index in [0.29, 0.717) is 5.56 Å². The van der Waals surface area contributed by atoms with Crippen LogP contribution >= 0.6 is 11.6 Å². The molecule has 0 bridgehead atoms. The van der Waals surface area contributed by atoms with Crippen LogP contribution in [0.4, 0.5) is 10.1 Å². The van der Waals surface area contributed by atoms with E-state index in [9.17, 15) is 17.6 Å². The van der Waals surface area contributed by atoms with Crippen molar-refractivity contribution in [1.82, 2.24) is 5.32 Å². The number of carbonyl (C=O) groups excluding carboxylic acids is 1. The summed E-state index contributed by atoms with van der Waals surface area (Å²) in [6.07, 6.45) is 5.35. The average Bonchev–Trinajstić information content (AvgIpc) is 2.61. The van der Waals surface area contributed by atoms with Gasteiger partial charge in [0, 0.05) is 12.6 Å². The highest BCUT2D eigenvalue weighted by Gasteiger charge is 2.27. The first kappa shape index (κ1) is 18.8. The summed E-state index contributed by atoms with van der Waals surface area (Å²) in [5, 5.41) is 2.03. The van der Waals surface area contributed by atoms with Crippen LogP contribution in [-0.2, 0) is 14.8 Å². The van der Waals surface area contributed by atoms with Gasteiger partial charge in [-0.3, -0.25) is 9.10 Å². The van der Waals surface area contributed by atoms with Crippen LogP contribution in [0, 0.1) is 18.2 Å². The number of halogens is 2. The molecular weight excluding hydrogens is 367 g/mol. The van der Waals surface area contributed by atoms with E-state index in [1.807, 2.05) is 0 Å². The van der Waals surface area contributed by atoms with E-state index >= 15 is 0 Å². The third kappa shape index (κ3) is 4.10. The fourth-order valence-corrected chi connectivity index (χ4v) is 3.72. The number of hydrogen-bond donors (Lipinski definition) is 1. The van der Waals surface area contributed by atoms with Crippen molar-refractivity contribution >= 4 is 33.2 Å². The van der Waals surface area contributed by atoms with Gasteiger partial charge < -0.3 is 5.32 Å². The van der Waals surface area contributed by atoms with Crippen LogP contribution in [0.15, 0.2) is 47.4 Å². The molecule has 0 aliphatic rings. The predicted molar refractivity (Wildman–Crippen MR) is 94.4 cm³/mol. The number of likely N-dealkylation sites (N-methyl/N-ethyl adjacent to an activating group) is 1. The van der Waals surface area contributed by atoms with Gasteiger partial charge in [-0.05, 0) is 36.4 Å². The van der Waals surface area contributed by atoms with Crippen molar-refractivity contribution in [2.45, 2.75) is 4.90 Å². The Balaban J connectivity index is 2.59. The van der Waals surface area contributed by atoms with E-state index in [-0.39, 0.29) is 15.6 Å². The average molecular weight is 381 g/mol. The molecular formula is C17H14ClFN2O3S. The maximum absolute atomic E-state index is 13.3. The number of nitrogens with zero attached hydrogens (tertiary/aromatic N) is 1. The van der Waals surface area contributed by atoms with Gasteiger partial charge in [0.1, 0.15) is 12.4 Å². The first-order chi connectivity index (χ1) is 11.8. The Kier molecular flexibility index (Phi) is 5.67. The number of benzene rings is 2. The molecule has 0 aromatic heterocycles. The zero-order valence-corrected chi connectivity index (χ0v) is 14.7. The van der Waals surface area contributed by atoms with E-state index in [2.05, 4.69) is 11.2 Å². The van der Waals surface area contributed by atoms with Crippen LogP contribution in [0.2, 0.25) is 5.02 Å². The minimum absolute atomic E-state index is 0.208. The number of terminal acetylenes is 1. The molecule has 0 atom stereocenters. The van der Waals surface area contributed by atoms with Crippen molar-refractivity contribution in [3.8, 4) is 12.3 Å². The van der Waals surface area contributed by atoms with Gasteiger partial charge in [0.2, 0.25) is 5.91 Å². The number of rotatable bonds is 5. The quantitative estimate of drug-likeness (QED) is 0.810. The van der Waals surface area contributed by atoms with Crippen LogP contribution in [0.25, 0.3) is 0 Å². The van der Waals surface area contributed by atoms with Crippen molar-refractivity contribution in [3.63, 3.8) is 0 Å².